The van der Waals surface area contributed by atoms with Gasteiger partial charge in [-0.05, 0) is 31.2 Å². The van der Waals surface area contributed by atoms with Crippen LogP contribution in [0.25, 0.3) is 0 Å². The van der Waals surface area contributed by atoms with Gasteiger partial charge in [0.05, 0.1) is 16.4 Å². The summed E-state index contributed by atoms with van der Waals surface area (Å²) >= 11 is 6.20. The van der Waals surface area contributed by atoms with Crippen molar-refractivity contribution in [3.8, 4) is 0 Å². The number of fused-ring (bicyclic) bond motifs is 1. The van der Waals surface area contributed by atoms with Crippen molar-refractivity contribution in [1.82, 2.24) is 0 Å². The van der Waals surface area contributed by atoms with Crippen molar-refractivity contribution in [1.29, 1.82) is 0 Å². The van der Waals surface area contributed by atoms with Gasteiger partial charge in [0.2, 0.25) is 5.91 Å². The molecule has 0 N–H and O–H groups in total. The molecule has 0 aromatic heterocycles. The number of hydrogen-bond donors (Lipinski definition) is 0. The summed E-state index contributed by atoms with van der Waals surface area (Å²) in [5, 5.41) is 6.09. The molecule has 2 aliphatic rings. The van der Waals surface area contributed by atoms with Gasteiger partial charge in [0, 0.05) is 6.92 Å². The molecule has 2 aliphatic heterocycles. The Bertz CT molecular complexity index is 1000. The Balaban J connectivity index is 1.82. The first-order valence-corrected chi connectivity index (χ1v) is 8.85. The molecule has 4 rings (SSSR count). The predicted octanol–water partition coefficient (Wildman–Crippen LogP) is 2.97. The molecule has 1 saturated heterocycles. The number of anilines is 2. The summed E-state index contributed by atoms with van der Waals surface area (Å²) in [6, 6.07) is 13.2. The van der Waals surface area contributed by atoms with Crippen molar-refractivity contribution >= 4 is 46.3 Å². The quantitative estimate of drug-likeness (QED) is 0.766. The maximum Gasteiger partial charge on any atom is 0.259 e. The SMILES string of the molecule is CC(=O)C1=NN(c2ccc(C)cc2)C2C(=O)N(c3ccccc3Cl)C(=O)C12. The highest BCUT2D eigenvalue weighted by Gasteiger charge is 2.58. The van der Waals surface area contributed by atoms with Crippen LogP contribution in [-0.2, 0) is 14.4 Å². The van der Waals surface area contributed by atoms with Crippen LogP contribution in [0.5, 0.6) is 0 Å². The Labute approximate surface area is 161 Å². The fourth-order valence-electron chi connectivity index (χ4n) is 3.49. The topological polar surface area (TPSA) is 70.1 Å². The van der Waals surface area contributed by atoms with E-state index in [4.69, 9.17) is 11.6 Å². The Kier molecular flexibility index (Phi) is 4.08. The Morgan fingerprint density at radius 1 is 1.04 bits per heavy atom. The van der Waals surface area contributed by atoms with Crippen LogP contribution < -0.4 is 9.91 Å². The van der Waals surface area contributed by atoms with E-state index in [2.05, 4.69) is 5.10 Å². The van der Waals surface area contributed by atoms with Gasteiger partial charge < -0.3 is 0 Å². The molecule has 2 unspecified atom stereocenters. The number of Topliss-reactive ketones (excluding diaryl/α,β-unsaturated/α-hetero) is 1. The molecule has 0 bridgehead atoms. The van der Waals surface area contributed by atoms with E-state index in [9.17, 15) is 14.4 Å². The molecule has 6 nitrogen and oxygen atoms in total. The lowest BCUT2D eigenvalue weighted by Gasteiger charge is -2.22. The molecule has 0 spiro atoms. The molecule has 7 heteroatoms. The normalized spacial score (nSPS) is 21.5. The zero-order valence-electron chi connectivity index (χ0n) is 14.7. The highest BCUT2D eigenvalue weighted by Crippen LogP contribution is 2.39. The zero-order valence-corrected chi connectivity index (χ0v) is 15.5. The van der Waals surface area contributed by atoms with Gasteiger partial charge in [0.15, 0.2) is 5.78 Å². The molecule has 0 saturated carbocycles. The van der Waals surface area contributed by atoms with Gasteiger partial charge in [-0.15, -0.1) is 0 Å². The molecule has 136 valence electrons. The van der Waals surface area contributed by atoms with Crippen LogP contribution in [0.1, 0.15) is 12.5 Å². The highest BCUT2D eigenvalue weighted by molar-refractivity contribution is 6.49. The van der Waals surface area contributed by atoms with Crippen molar-refractivity contribution in [2.24, 2.45) is 11.0 Å². The van der Waals surface area contributed by atoms with E-state index in [0.717, 1.165) is 10.5 Å². The van der Waals surface area contributed by atoms with Crippen LogP contribution >= 0.6 is 11.6 Å². The second-order valence-electron chi connectivity index (χ2n) is 6.61. The van der Waals surface area contributed by atoms with E-state index in [1.165, 1.54) is 11.9 Å². The fourth-order valence-corrected chi connectivity index (χ4v) is 3.71. The van der Waals surface area contributed by atoms with E-state index < -0.39 is 23.8 Å². The van der Waals surface area contributed by atoms with Gasteiger partial charge >= 0.3 is 0 Å². The third-order valence-electron chi connectivity index (χ3n) is 4.80. The first-order valence-electron chi connectivity index (χ1n) is 8.48. The van der Waals surface area contributed by atoms with Crippen molar-refractivity contribution in [2.45, 2.75) is 19.9 Å². The summed E-state index contributed by atoms with van der Waals surface area (Å²) in [7, 11) is 0. The number of benzene rings is 2. The van der Waals surface area contributed by atoms with E-state index in [1.54, 1.807) is 24.3 Å². The Morgan fingerprint density at radius 2 is 1.70 bits per heavy atom. The Morgan fingerprint density at radius 3 is 2.33 bits per heavy atom. The van der Waals surface area contributed by atoms with Crippen molar-refractivity contribution in [2.75, 3.05) is 9.91 Å². The summed E-state index contributed by atoms with van der Waals surface area (Å²) in [6.07, 6.45) is 0. The number of ketones is 1. The summed E-state index contributed by atoms with van der Waals surface area (Å²) in [4.78, 5) is 39.5. The van der Waals surface area contributed by atoms with Gasteiger partial charge in [-0.1, -0.05) is 41.4 Å². The number of hydrogen-bond acceptors (Lipinski definition) is 5. The summed E-state index contributed by atoms with van der Waals surface area (Å²) < 4.78 is 0. The van der Waals surface area contributed by atoms with E-state index in [-0.39, 0.29) is 11.5 Å². The lowest BCUT2D eigenvalue weighted by molar-refractivity contribution is -0.122. The van der Waals surface area contributed by atoms with Crippen LogP contribution in [0.3, 0.4) is 0 Å². The van der Waals surface area contributed by atoms with Gasteiger partial charge in [-0.2, -0.15) is 5.10 Å². The van der Waals surface area contributed by atoms with Crippen molar-refractivity contribution in [3.05, 3.63) is 59.1 Å². The van der Waals surface area contributed by atoms with Crippen molar-refractivity contribution < 1.29 is 14.4 Å². The van der Waals surface area contributed by atoms with Crippen LogP contribution in [-0.4, -0.2) is 29.4 Å². The minimum atomic E-state index is -0.937. The number of carbonyl (C=O) groups excluding carboxylic acids is 3. The number of nitrogens with zero attached hydrogens (tertiary/aromatic N) is 3. The van der Waals surface area contributed by atoms with Crippen molar-refractivity contribution in [3.63, 3.8) is 0 Å². The molecule has 0 aliphatic carbocycles. The van der Waals surface area contributed by atoms with Crippen LogP contribution in [0.2, 0.25) is 5.02 Å². The van der Waals surface area contributed by atoms with Gasteiger partial charge in [0.1, 0.15) is 17.7 Å². The summed E-state index contributed by atoms with van der Waals surface area (Å²) in [6.45, 7) is 3.30. The minimum Gasteiger partial charge on any atom is -0.293 e. The lowest BCUT2D eigenvalue weighted by atomic mass is 9.95. The van der Waals surface area contributed by atoms with Gasteiger partial charge in [-0.3, -0.25) is 19.4 Å². The molecule has 2 atom stereocenters. The lowest BCUT2D eigenvalue weighted by Crippen LogP contribution is -2.39. The maximum atomic E-state index is 13.2. The number of carbonyl (C=O) groups is 3. The third kappa shape index (κ3) is 2.64. The molecule has 2 heterocycles. The smallest absolute Gasteiger partial charge is 0.259 e. The number of halogens is 1. The first-order chi connectivity index (χ1) is 12.9. The van der Waals surface area contributed by atoms with Gasteiger partial charge in [0.25, 0.3) is 5.91 Å². The molecule has 27 heavy (non-hydrogen) atoms. The molecule has 1 fully saturated rings. The molecular weight excluding hydrogens is 366 g/mol. The standard InChI is InChI=1S/C20H16ClN3O3/c1-11-7-9-13(10-8-11)24-18-16(17(22-24)12(2)25)19(26)23(20(18)27)15-6-4-3-5-14(15)21/h3-10,16,18H,1-2H3. The zero-order chi connectivity index (χ0) is 19.3. The first kappa shape index (κ1) is 17.4. The number of hydrazone groups is 1. The van der Waals surface area contributed by atoms with Crippen LogP contribution in [0, 0.1) is 12.8 Å². The highest BCUT2D eigenvalue weighted by atomic mass is 35.5. The molecule has 2 aromatic carbocycles. The largest absolute Gasteiger partial charge is 0.293 e. The maximum absolute atomic E-state index is 13.2. The van der Waals surface area contributed by atoms with Crippen LogP contribution in [0.4, 0.5) is 11.4 Å². The molecule has 2 amide bonds. The second-order valence-corrected chi connectivity index (χ2v) is 7.01. The summed E-state index contributed by atoms with van der Waals surface area (Å²) in [5.41, 5.74) is 2.11. The average Bonchev–Trinajstić information content (AvgIpc) is 3.15. The monoisotopic (exact) mass is 381 g/mol. The molecular formula is C20H16ClN3O3. The number of rotatable bonds is 3. The van der Waals surface area contributed by atoms with E-state index in [1.807, 2.05) is 31.2 Å². The molecule has 2 aromatic rings. The predicted molar refractivity (Wildman–Crippen MR) is 103 cm³/mol. The van der Waals surface area contributed by atoms with E-state index >= 15 is 0 Å². The van der Waals surface area contributed by atoms with E-state index in [0.29, 0.717) is 16.4 Å². The third-order valence-corrected chi connectivity index (χ3v) is 5.12. The summed E-state index contributed by atoms with van der Waals surface area (Å²) in [5.74, 6) is -2.20. The van der Waals surface area contributed by atoms with Gasteiger partial charge in [-0.25, -0.2) is 4.90 Å². The molecule has 0 radical (unpaired) electrons. The Hall–Kier alpha value is -2.99. The minimum absolute atomic E-state index is 0.0912. The van der Waals surface area contributed by atoms with Crippen LogP contribution in [0.15, 0.2) is 53.6 Å². The average molecular weight is 382 g/mol. The fraction of sp³-hybridized carbons (Fsp3) is 0.200. The number of para-hydroxylation sites is 1. The number of amides is 2. The number of aryl methyl sites for hydroxylation is 1. The second kappa shape index (κ2) is 6.32. The number of imide groups is 1.